The second-order valence-corrected chi connectivity index (χ2v) is 8.71. The first-order valence-corrected chi connectivity index (χ1v) is 11.4. The van der Waals surface area contributed by atoms with Crippen LogP contribution in [0.15, 0.2) is 78.9 Å². The van der Waals surface area contributed by atoms with Crippen molar-refractivity contribution in [2.45, 2.75) is 39.3 Å². The van der Waals surface area contributed by atoms with E-state index in [-0.39, 0.29) is 17.8 Å². The number of benzene rings is 3. The summed E-state index contributed by atoms with van der Waals surface area (Å²) in [5, 5.41) is 4.78. The fourth-order valence-corrected chi connectivity index (χ4v) is 4.04. The van der Waals surface area contributed by atoms with Crippen LogP contribution < -0.4 is 4.74 Å². The van der Waals surface area contributed by atoms with Crippen LogP contribution in [-0.2, 0) is 6.54 Å². The van der Waals surface area contributed by atoms with Crippen LogP contribution in [0.5, 0.6) is 11.6 Å². The minimum Gasteiger partial charge on any atom is -0.439 e. The molecule has 1 aromatic heterocycles. The second kappa shape index (κ2) is 9.14. The molecule has 0 bridgehead atoms. The molecular weight excluding hydrogens is 429 g/mol. The van der Waals surface area contributed by atoms with Crippen molar-refractivity contribution in [3.8, 4) is 17.3 Å². The fourth-order valence-electron chi connectivity index (χ4n) is 4.04. The van der Waals surface area contributed by atoms with E-state index in [4.69, 9.17) is 9.84 Å². The highest BCUT2D eigenvalue weighted by Crippen LogP contribution is 2.36. The Bertz CT molecular complexity index is 1310. The molecule has 0 spiro atoms. The Morgan fingerprint density at radius 3 is 2.44 bits per heavy atom. The average molecular weight is 456 g/mol. The van der Waals surface area contributed by atoms with Crippen LogP contribution in [-0.4, -0.2) is 26.6 Å². The van der Waals surface area contributed by atoms with Gasteiger partial charge in [-0.1, -0.05) is 30.3 Å². The third-order valence-corrected chi connectivity index (χ3v) is 6.01. The summed E-state index contributed by atoms with van der Waals surface area (Å²) in [6, 6.07) is 23.6. The molecule has 3 aromatic carbocycles. The Morgan fingerprint density at radius 1 is 1.03 bits per heavy atom. The van der Waals surface area contributed by atoms with Gasteiger partial charge in [-0.05, 0) is 80.8 Å². The smallest absolute Gasteiger partial charge is 0.254 e. The van der Waals surface area contributed by atoms with E-state index in [0.29, 0.717) is 23.7 Å². The van der Waals surface area contributed by atoms with Gasteiger partial charge < -0.3 is 9.64 Å². The number of ether oxygens (including phenoxy) is 1. The first-order valence-electron chi connectivity index (χ1n) is 11.4. The zero-order valence-electron chi connectivity index (χ0n) is 19.2. The lowest BCUT2D eigenvalue weighted by atomic mass is 10.1. The van der Waals surface area contributed by atoms with Crippen molar-refractivity contribution < 1.29 is 13.9 Å². The summed E-state index contributed by atoms with van der Waals surface area (Å²) >= 11 is 0. The van der Waals surface area contributed by atoms with Crippen molar-refractivity contribution in [2.75, 3.05) is 0 Å². The minimum absolute atomic E-state index is 0.115. The fraction of sp³-hybridized carbons (Fsp3) is 0.214. The number of para-hydroxylation sites is 1. The molecule has 1 aliphatic rings. The Hall–Kier alpha value is -3.93. The average Bonchev–Trinajstić information content (AvgIpc) is 3.63. The van der Waals surface area contributed by atoms with Crippen molar-refractivity contribution in [2.24, 2.45) is 0 Å². The second-order valence-electron chi connectivity index (χ2n) is 8.71. The van der Waals surface area contributed by atoms with Gasteiger partial charge in [-0.3, -0.25) is 4.79 Å². The van der Waals surface area contributed by atoms with Crippen LogP contribution >= 0.6 is 0 Å². The van der Waals surface area contributed by atoms with Gasteiger partial charge in [-0.2, -0.15) is 5.10 Å². The Kier molecular flexibility index (Phi) is 5.88. The molecule has 1 heterocycles. The number of rotatable bonds is 7. The summed E-state index contributed by atoms with van der Waals surface area (Å²) in [7, 11) is 0. The summed E-state index contributed by atoms with van der Waals surface area (Å²) in [6.45, 7) is 4.32. The zero-order chi connectivity index (χ0) is 23.7. The monoisotopic (exact) mass is 455 g/mol. The van der Waals surface area contributed by atoms with Crippen molar-refractivity contribution in [3.63, 3.8) is 0 Å². The normalized spacial score (nSPS) is 13.0. The lowest BCUT2D eigenvalue weighted by Gasteiger charge is -2.23. The summed E-state index contributed by atoms with van der Waals surface area (Å²) in [4.78, 5) is 15.2. The quantitative estimate of drug-likeness (QED) is 0.332. The Balaban J connectivity index is 1.55. The van der Waals surface area contributed by atoms with Crippen LogP contribution in [0.3, 0.4) is 0 Å². The number of carbonyl (C=O) groups is 1. The van der Waals surface area contributed by atoms with Crippen molar-refractivity contribution >= 4 is 5.91 Å². The molecule has 5 nitrogen and oxygen atoms in total. The van der Waals surface area contributed by atoms with Crippen molar-refractivity contribution in [3.05, 3.63) is 107 Å². The van der Waals surface area contributed by atoms with E-state index < -0.39 is 0 Å². The number of aromatic nitrogens is 2. The number of hydrogen-bond donors (Lipinski definition) is 0. The van der Waals surface area contributed by atoms with Crippen LogP contribution in [0, 0.1) is 19.7 Å². The third-order valence-electron chi connectivity index (χ3n) is 6.01. The van der Waals surface area contributed by atoms with Crippen LogP contribution in [0.2, 0.25) is 0 Å². The van der Waals surface area contributed by atoms with Crippen molar-refractivity contribution in [1.82, 2.24) is 14.7 Å². The van der Waals surface area contributed by atoms with Crippen LogP contribution in [0.4, 0.5) is 4.39 Å². The van der Waals surface area contributed by atoms with E-state index in [1.807, 2.05) is 73.3 Å². The number of aryl methyl sites for hydroxylation is 2. The number of carbonyl (C=O) groups excluding carboxylic acids is 1. The summed E-state index contributed by atoms with van der Waals surface area (Å²) < 4.78 is 21.6. The molecule has 0 saturated heterocycles. The van der Waals surface area contributed by atoms with Gasteiger partial charge in [0.1, 0.15) is 11.6 Å². The van der Waals surface area contributed by atoms with E-state index >= 15 is 0 Å². The standard InChI is InChI=1S/C28H26FN3O2/c1-19-7-6-10-25(17-19)34-28-26(20(2)30-32(28)24-8-4-3-5-9-24)18-31(23-15-16-23)27(33)21-11-13-22(29)14-12-21/h3-14,17,23H,15-16,18H2,1-2H3. The number of halogens is 1. The van der Waals surface area contributed by atoms with E-state index in [1.54, 1.807) is 4.68 Å². The van der Waals surface area contributed by atoms with Gasteiger partial charge in [0.05, 0.1) is 23.5 Å². The van der Waals surface area contributed by atoms with Gasteiger partial charge in [0.15, 0.2) is 0 Å². The molecule has 6 heteroatoms. The molecule has 34 heavy (non-hydrogen) atoms. The number of amides is 1. The van der Waals surface area contributed by atoms with Gasteiger partial charge in [-0.25, -0.2) is 9.07 Å². The first kappa shape index (κ1) is 21.9. The molecule has 5 rings (SSSR count). The molecule has 1 fully saturated rings. The first-order chi connectivity index (χ1) is 16.5. The molecule has 1 aliphatic carbocycles. The topological polar surface area (TPSA) is 47.4 Å². The largest absolute Gasteiger partial charge is 0.439 e. The SMILES string of the molecule is Cc1cccc(Oc2c(CN(C(=O)c3ccc(F)cc3)C3CC3)c(C)nn2-c2ccccc2)c1. The molecule has 0 radical (unpaired) electrons. The predicted molar refractivity (Wildman–Crippen MR) is 129 cm³/mol. The third kappa shape index (κ3) is 4.57. The zero-order valence-corrected chi connectivity index (χ0v) is 19.2. The molecule has 0 unspecified atom stereocenters. The lowest BCUT2D eigenvalue weighted by Crippen LogP contribution is -2.32. The lowest BCUT2D eigenvalue weighted by molar-refractivity contribution is 0.0728. The van der Waals surface area contributed by atoms with Gasteiger partial charge in [-0.15, -0.1) is 0 Å². The Labute approximate surface area is 198 Å². The number of nitrogens with zero attached hydrogens (tertiary/aromatic N) is 3. The summed E-state index contributed by atoms with van der Waals surface area (Å²) in [5.41, 5.74) is 4.09. The maximum atomic E-state index is 13.4. The molecule has 1 amide bonds. The maximum Gasteiger partial charge on any atom is 0.254 e. The molecule has 1 saturated carbocycles. The van der Waals surface area contributed by atoms with Gasteiger partial charge in [0.25, 0.3) is 5.91 Å². The summed E-state index contributed by atoms with van der Waals surface area (Å²) in [6.07, 6.45) is 1.90. The molecule has 172 valence electrons. The van der Waals surface area contributed by atoms with E-state index in [1.165, 1.54) is 24.3 Å². The van der Waals surface area contributed by atoms with E-state index in [9.17, 15) is 9.18 Å². The van der Waals surface area contributed by atoms with Gasteiger partial charge in [0.2, 0.25) is 5.88 Å². The molecule has 0 aliphatic heterocycles. The van der Waals surface area contributed by atoms with Crippen LogP contribution in [0.1, 0.15) is 40.0 Å². The van der Waals surface area contributed by atoms with Crippen LogP contribution in [0.25, 0.3) is 5.69 Å². The van der Waals surface area contributed by atoms with Crippen molar-refractivity contribution in [1.29, 1.82) is 0 Å². The maximum absolute atomic E-state index is 13.4. The van der Waals surface area contributed by atoms with Gasteiger partial charge >= 0.3 is 0 Å². The summed E-state index contributed by atoms with van der Waals surface area (Å²) in [5.74, 6) is 0.826. The van der Waals surface area contributed by atoms with E-state index in [2.05, 4.69) is 0 Å². The molecule has 0 atom stereocenters. The minimum atomic E-state index is -0.358. The molecular formula is C28H26FN3O2. The highest BCUT2D eigenvalue weighted by Gasteiger charge is 2.35. The molecule has 4 aromatic rings. The van der Waals surface area contributed by atoms with E-state index in [0.717, 1.165) is 35.3 Å². The molecule has 0 N–H and O–H groups in total. The number of hydrogen-bond acceptors (Lipinski definition) is 3. The van der Waals surface area contributed by atoms with Gasteiger partial charge in [0, 0.05) is 11.6 Å². The predicted octanol–water partition coefficient (Wildman–Crippen LogP) is 6.23. The highest BCUT2D eigenvalue weighted by molar-refractivity contribution is 5.94. The highest BCUT2D eigenvalue weighted by atomic mass is 19.1. The Morgan fingerprint density at radius 2 is 1.76 bits per heavy atom.